The number of rotatable bonds is 3. The van der Waals surface area contributed by atoms with Gasteiger partial charge in [0, 0.05) is 22.5 Å². The van der Waals surface area contributed by atoms with Gasteiger partial charge in [-0.3, -0.25) is 4.79 Å². The Morgan fingerprint density at radius 2 is 2.00 bits per heavy atom. The highest BCUT2D eigenvalue weighted by Crippen LogP contribution is 2.40. The molecular formula is C16H16BrN3O2. The summed E-state index contributed by atoms with van der Waals surface area (Å²) < 4.78 is 6.39. The van der Waals surface area contributed by atoms with E-state index in [1.165, 1.54) is 0 Å². The maximum atomic E-state index is 12.7. The molecule has 0 bridgehead atoms. The Kier molecular flexibility index (Phi) is 3.48. The number of aromatic nitrogens is 2. The predicted molar refractivity (Wildman–Crippen MR) is 83.4 cm³/mol. The highest BCUT2D eigenvalue weighted by Gasteiger charge is 2.36. The minimum absolute atomic E-state index is 0.0289. The van der Waals surface area contributed by atoms with E-state index in [0.29, 0.717) is 17.4 Å². The normalized spacial score (nSPS) is 21.3. The third kappa shape index (κ3) is 2.56. The van der Waals surface area contributed by atoms with E-state index in [0.717, 1.165) is 42.5 Å². The number of hydrogen-bond donors (Lipinski definition) is 0. The largest absolute Gasteiger partial charge is 0.337 e. The Labute approximate surface area is 136 Å². The average Bonchev–Trinajstić information content (AvgIpc) is 3.08. The molecule has 1 saturated carbocycles. The Balaban J connectivity index is 1.56. The van der Waals surface area contributed by atoms with Gasteiger partial charge in [0.2, 0.25) is 5.89 Å². The lowest BCUT2D eigenvalue weighted by molar-refractivity contribution is 0.0710. The van der Waals surface area contributed by atoms with E-state index in [4.69, 9.17) is 4.52 Å². The van der Waals surface area contributed by atoms with Crippen LogP contribution in [0.4, 0.5) is 0 Å². The number of likely N-dealkylation sites (tertiary alicyclic amines) is 1. The summed E-state index contributed by atoms with van der Waals surface area (Å²) in [6, 6.07) is 7.36. The minimum atomic E-state index is -0.0869. The topological polar surface area (TPSA) is 59.2 Å². The second-order valence-corrected chi connectivity index (χ2v) is 6.84. The van der Waals surface area contributed by atoms with Crippen LogP contribution in [0.3, 0.4) is 0 Å². The summed E-state index contributed by atoms with van der Waals surface area (Å²) in [5.41, 5.74) is 0.692. The fraction of sp³-hybridized carbons (Fsp3) is 0.438. The number of hydrogen-bond acceptors (Lipinski definition) is 4. The van der Waals surface area contributed by atoms with E-state index in [2.05, 4.69) is 26.1 Å². The van der Waals surface area contributed by atoms with Crippen LogP contribution < -0.4 is 0 Å². The van der Waals surface area contributed by atoms with Gasteiger partial charge in [0.05, 0.1) is 0 Å². The van der Waals surface area contributed by atoms with E-state index < -0.39 is 0 Å². The van der Waals surface area contributed by atoms with Gasteiger partial charge in [0.25, 0.3) is 5.91 Å². The van der Waals surface area contributed by atoms with E-state index in [-0.39, 0.29) is 11.9 Å². The molecule has 5 nitrogen and oxygen atoms in total. The molecule has 2 aromatic rings. The fourth-order valence-corrected chi connectivity index (χ4v) is 3.18. The zero-order valence-corrected chi connectivity index (χ0v) is 13.6. The van der Waals surface area contributed by atoms with Crippen molar-refractivity contribution in [1.82, 2.24) is 15.0 Å². The highest BCUT2D eigenvalue weighted by atomic mass is 79.9. The lowest BCUT2D eigenvalue weighted by atomic mass is 10.1. The summed E-state index contributed by atoms with van der Waals surface area (Å²) in [7, 11) is 0. The van der Waals surface area contributed by atoms with Gasteiger partial charge >= 0.3 is 0 Å². The van der Waals surface area contributed by atoms with Crippen molar-refractivity contribution in [3.63, 3.8) is 0 Å². The summed E-state index contributed by atoms with van der Waals surface area (Å²) >= 11 is 3.39. The molecule has 1 aliphatic carbocycles. The van der Waals surface area contributed by atoms with Crippen LogP contribution in [0.1, 0.15) is 59.7 Å². The van der Waals surface area contributed by atoms with E-state index in [1.807, 2.05) is 29.2 Å². The summed E-state index contributed by atoms with van der Waals surface area (Å²) in [5, 5.41) is 4.07. The Morgan fingerprint density at radius 3 is 2.73 bits per heavy atom. The van der Waals surface area contributed by atoms with Crippen LogP contribution in [0, 0.1) is 0 Å². The Bertz CT molecular complexity index is 694. The van der Waals surface area contributed by atoms with E-state index in [9.17, 15) is 4.79 Å². The minimum Gasteiger partial charge on any atom is -0.337 e. The van der Waals surface area contributed by atoms with E-state index in [1.54, 1.807) is 0 Å². The van der Waals surface area contributed by atoms with Gasteiger partial charge in [0.15, 0.2) is 5.82 Å². The van der Waals surface area contributed by atoms with Crippen LogP contribution in [0.2, 0.25) is 0 Å². The molecule has 0 N–H and O–H groups in total. The molecule has 6 heteroatoms. The number of nitrogens with zero attached hydrogens (tertiary/aromatic N) is 3. The third-order valence-electron chi connectivity index (χ3n) is 4.29. The van der Waals surface area contributed by atoms with Gasteiger partial charge in [-0.05, 0) is 49.9 Å². The maximum Gasteiger partial charge on any atom is 0.254 e. The summed E-state index contributed by atoms with van der Waals surface area (Å²) in [6.07, 6.45) is 4.14. The molecule has 1 aromatic heterocycles. The molecule has 2 aliphatic rings. The standard InChI is InChI=1S/C16H16BrN3O2/c17-12-7-5-11(6-8-12)16(21)20-9-1-2-13(20)15-18-14(19-22-15)10-3-4-10/h5-8,10,13H,1-4,9H2. The lowest BCUT2D eigenvalue weighted by Crippen LogP contribution is -2.30. The first kappa shape index (κ1) is 13.9. The van der Waals surface area contributed by atoms with Crippen LogP contribution in [0.25, 0.3) is 0 Å². The first-order valence-corrected chi connectivity index (χ1v) is 8.42. The number of amides is 1. The molecule has 22 heavy (non-hydrogen) atoms. The van der Waals surface area contributed by atoms with Gasteiger partial charge in [-0.25, -0.2) is 0 Å². The zero-order valence-electron chi connectivity index (χ0n) is 12.0. The lowest BCUT2D eigenvalue weighted by Gasteiger charge is -2.21. The molecule has 2 heterocycles. The van der Waals surface area contributed by atoms with E-state index >= 15 is 0 Å². The van der Waals surface area contributed by atoms with Crippen LogP contribution in [0.5, 0.6) is 0 Å². The third-order valence-corrected chi connectivity index (χ3v) is 4.82. The van der Waals surface area contributed by atoms with Crippen LogP contribution >= 0.6 is 15.9 Å². The van der Waals surface area contributed by atoms with Gasteiger partial charge in [-0.15, -0.1) is 0 Å². The number of carbonyl (C=O) groups excluding carboxylic acids is 1. The molecule has 0 radical (unpaired) electrons. The number of benzene rings is 1. The maximum absolute atomic E-state index is 12.7. The fourth-order valence-electron chi connectivity index (χ4n) is 2.91. The Morgan fingerprint density at radius 1 is 1.23 bits per heavy atom. The molecule has 1 unspecified atom stereocenters. The molecule has 1 saturated heterocycles. The quantitative estimate of drug-likeness (QED) is 0.836. The van der Waals surface area contributed by atoms with Crippen LogP contribution in [-0.4, -0.2) is 27.5 Å². The number of carbonyl (C=O) groups is 1. The summed E-state index contributed by atoms with van der Waals surface area (Å²) in [6.45, 7) is 0.737. The summed E-state index contributed by atoms with van der Waals surface area (Å²) in [5.74, 6) is 1.89. The Hall–Kier alpha value is -1.69. The van der Waals surface area contributed by atoms with Gasteiger partial charge in [-0.1, -0.05) is 21.1 Å². The molecular weight excluding hydrogens is 346 g/mol. The smallest absolute Gasteiger partial charge is 0.254 e. The molecule has 114 valence electrons. The van der Waals surface area contributed by atoms with Crippen LogP contribution in [-0.2, 0) is 0 Å². The van der Waals surface area contributed by atoms with Crippen molar-refractivity contribution < 1.29 is 9.32 Å². The first-order chi connectivity index (χ1) is 10.7. The average molecular weight is 362 g/mol. The second kappa shape index (κ2) is 5.50. The zero-order chi connectivity index (χ0) is 15.1. The SMILES string of the molecule is O=C(c1ccc(Br)cc1)N1CCCC1c1nc(C2CC2)no1. The van der Waals surface area contributed by atoms with Gasteiger partial charge in [0.1, 0.15) is 6.04 Å². The van der Waals surface area contributed by atoms with Crippen molar-refractivity contribution in [2.75, 3.05) is 6.54 Å². The van der Waals surface area contributed by atoms with Crippen molar-refractivity contribution in [2.24, 2.45) is 0 Å². The molecule has 0 spiro atoms. The van der Waals surface area contributed by atoms with Crippen molar-refractivity contribution >= 4 is 21.8 Å². The first-order valence-electron chi connectivity index (χ1n) is 7.62. The van der Waals surface area contributed by atoms with Crippen molar-refractivity contribution in [3.8, 4) is 0 Å². The monoisotopic (exact) mass is 361 g/mol. The highest BCUT2D eigenvalue weighted by molar-refractivity contribution is 9.10. The molecule has 1 aromatic carbocycles. The predicted octanol–water partition coefficient (Wildman–Crippen LogP) is 3.69. The number of halogens is 1. The molecule has 4 rings (SSSR count). The van der Waals surface area contributed by atoms with Gasteiger partial charge in [-0.2, -0.15) is 4.98 Å². The second-order valence-electron chi connectivity index (χ2n) is 5.93. The van der Waals surface area contributed by atoms with Crippen molar-refractivity contribution in [3.05, 3.63) is 46.0 Å². The molecule has 1 aliphatic heterocycles. The molecule has 2 fully saturated rings. The summed E-state index contributed by atoms with van der Waals surface area (Å²) in [4.78, 5) is 19.1. The molecule has 1 atom stereocenters. The van der Waals surface area contributed by atoms with Crippen LogP contribution in [0.15, 0.2) is 33.3 Å². The molecule has 1 amide bonds. The van der Waals surface area contributed by atoms with Gasteiger partial charge < -0.3 is 9.42 Å². The van der Waals surface area contributed by atoms with Crippen molar-refractivity contribution in [1.29, 1.82) is 0 Å². The van der Waals surface area contributed by atoms with Crippen molar-refractivity contribution in [2.45, 2.75) is 37.6 Å².